The molecule has 5 nitrogen and oxygen atoms in total. The highest BCUT2D eigenvalue weighted by atomic mass is 35.5. The van der Waals surface area contributed by atoms with Gasteiger partial charge in [-0.2, -0.15) is 0 Å². The SMILES string of the molecule is O=C(O)c1ccc2[nH]c(=O)n(-c3ccc(Cl)c(Cl)c3)c2c1. The summed E-state index contributed by atoms with van der Waals surface area (Å²) in [5.41, 5.74) is 1.21. The number of nitrogens with zero attached hydrogens (tertiary/aromatic N) is 1. The third-order valence-electron chi connectivity index (χ3n) is 3.09. The summed E-state index contributed by atoms with van der Waals surface area (Å²) in [6, 6.07) is 9.17. The van der Waals surface area contributed by atoms with Crippen LogP contribution < -0.4 is 5.69 Å². The molecule has 7 heteroatoms. The van der Waals surface area contributed by atoms with Crippen LogP contribution in [0.1, 0.15) is 10.4 Å². The van der Waals surface area contributed by atoms with Gasteiger partial charge < -0.3 is 10.1 Å². The zero-order chi connectivity index (χ0) is 15.1. The van der Waals surface area contributed by atoms with E-state index in [1.54, 1.807) is 24.3 Å². The van der Waals surface area contributed by atoms with E-state index in [-0.39, 0.29) is 11.3 Å². The minimum atomic E-state index is -1.06. The number of hydrogen-bond donors (Lipinski definition) is 2. The minimum Gasteiger partial charge on any atom is -0.478 e. The number of benzene rings is 2. The standard InChI is InChI=1S/C14H8Cl2N2O3/c15-9-3-2-8(6-10(9)16)18-12-5-7(13(19)20)1-4-11(12)17-14(18)21/h1-6H,(H,17,21)(H,19,20). The second-order valence-corrected chi connectivity index (χ2v) is 5.22. The molecule has 0 unspecified atom stereocenters. The fourth-order valence-corrected chi connectivity index (χ4v) is 2.41. The second kappa shape index (κ2) is 4.95. The largest absolute Gasteiger partial charge is 0.478 e. The van der Waals surface area contributed by atoms with E-state index in [4.69, 9.17) is 28.3 Å². The first-order chi connectivity index (χ1) is 9.97. The molecule has 106 valence electrons. The average molecular weight is 323 g/mol. The highest BCUT2D eigenvalue weighted by Gasteiger charge is 2.12. The van der Waals surface area contributed by atoms with Gasteiger partial charge in [0.15, 0.2) is 0 Å². The molecule has 0 saturated carbocycles. The Morgan fingerprint density at radius 2 is 1.86 bits per heavy atom. The summed E-state index contributed by atoms with van der Waals surface area (Å²) in [7, 11) is 0. The van der Waals surface area contributed by atoms with Crippen LogP contribution in [0.2, 0.25) is 10.0 Å². The normalized spacial score (nSPS) is 11.0. The third kappa shape index (κ3) is 2.30. The van der Waals surface area contributed by atoms with Gasteiger partial charge in [0.05, 0.1) is 32.3 Å². The van der Waals surface area contributed by atoms with Gasteiger partial charge in [0.25, 0.3) is 0 Å². The van der Waals surface area contributed by atoms with Crippen LogP contribution in [0, 0.1) is 0 Å². The van der Waals surface area contributed by atoms with Crippen molar-refractivity contribution in [1.29, 1.82) is 0 Å². The van der Waals surface area contributed by atoms with Crippen LogP contribution in [0.3, 0.4) is 0 Å². The zero-order valence-electron chi connectivity index (χ0n) is 10.4. The van der Waals surface area contributed by atoms with E-state index >= 15 is 0 Å². The number of aromatic amines is 1. The van der Waals surface area contributed by atoms with E-state index in [0.717, 1.165) is 0 Å². The second-order valence-electron chi connectivity index (χ2n) is 4.40. The summed E-state index contributed by atoms with van der Waals surface area (Å²) in [5, 5.41) is 9.74. The lowest BCUT2D eigenvalue weighted by Gasteiger charge is -2.05. The highest BCUT2D eigenvalue weighted by Crippen LogP contribution is 2.25. The Bertz CT molecular complexity index is 928. The van der Waals surface area contributed by atoms with Gasteiger partial charge in [-0.1, -0.05) is 23.2 Å². The first kappa shape index (κ1) is 13.7. The van der Waals surface area contributed by atoms with Crippen molar-refractivity contribution < 1.29 is 9.90 Å². The van der Waals surface area contributed by atoms with Crippen molar-refractivity contribution in [3.63, 3.8) is 0 Å². The molecule has 21 heavy (non-hydrogen) atoms. The van der Waals surface area contributed by atoms with Crippen LogP contribution in [0.4, 0.5) is 0 Å². The number of H-pyrrole nitrogens is 1. The Hall–Kier alpha value is -2.24. The molecule has 0 fully saturated rings. The summed E-state index contributed by atoms with van der Waals surface area (Å²) in [4.78, 5) is 25.8. The number of imidazole rings is 1. The molecule has 2 aromatic carbocycles. The maximum Gasteiger partial charge on any atom is 0.335 e. The molecule has 1 aromatic heterocycles. The van der Waals surface area contributed by atoms with E-state index in [9.17, 15) is 9.59 Å². The van der Waals surface area contributed by atoms with Gasteiger partial charge in [0.1, 0.15) is 0 Å². The number of hydrogen-bond acceptors (Lipinski definition) is 2. The Morgan fingerprint density at radius 3 is 2.52 bits per heavy atom. The fourth-order valence-electron chi connectivity index (χ4n) is 2.12. The summed E-state index contributed by atoms with van der Waals surface area (Å²) in [5.74, 6) is -1.06. The van der Waals surface area contributed by atoms with Gasteiger partial charge >= 0.3 is 11.7 Å². The van der Waals surface area contributed by atoms with E-state index in [0.29, 0.717) is 26.8 Å². The van der Waals surface area contributed by atoms with Crippen molar-refractivity contribution in [2.45, 2.75) is 0 Å². The number of rotatable bonds is 2. The summed E-state index contributed by atoms with van der Waals surface area (Å²) in [6.07, 6.45) is 0. The molecule has 3 aromatic rings. The topological polar surface area (TPSA) is 75.1 Å². The van der Waals surface area contributed by atoms with Crippen LogP contribution in [-0.2, 0) is 0 Å². The predicted molar refractivity (Wildman–Crippen MR) is 80.9 cm³/mol. The number of halogens is 2. The van der Waals surface area contributed by atoms with Crippen molar-refractivity contribution in [2.24, 2.45) is 0 Å². The molecule has 0 atom stereocenters. The molecule has 0 spiro atoms. The Balaban J connectivity index is 2.32. The lowest BCUT2D eigenvalue weighted by Crippen LogP contribution is -2.14. The van der Waals surface area contributed by atoms with E-state index < -0.39 is 5.97 Å². The van der Waals surface area contributed by atoms with Crippen LogP contribution in [-0.4, -0.2) is 20.6 Å². The molecule has 0 saturated heterocycles. The number of carboxylic acids is 1. The summed E-state index contributed by atoms with van der Waals surface area (Å²) < 4.78 is 1.35. The van der Waals surface area contributed by atoms with Gasteiger partial charge in [-0.15, -0.1) is 0 Å². The van der Waals surface area contributed by atoms with Crippen molar-refractivity contribution in [1.82, 2.24) is 9.55 Å². The molecule has 0 bridgehead atoms. The van der Waals surface area contributed by atoms with Gasteiger partial charge in [-0.05, 0) is 36.4 Å². The molecule has 0 amide bonds. The van der Waals surface area contributed by atoms with Crippen LogP contribution in [0.5, 0.6) is 0 Å². The summed E-state index contributed by atoms with van der Waals surface area (Å²) >= 11 is 11.8. The van der Waals surface area contributed by atoms with E-state index in [2.05, 4.69) is 4.98 Å². The smallest absolute Gasteiger partial charge is 0.335 e. The zero-order valence-corrected chi connectivity index (χ0v) is 11.9. The number of carboxylic acid groups (broad SMARTS) is 1. The molecular formula is C14H8Cl2N2O3. The average Bonchev–Trinajstić information content (AvgIpc) is 2.77. The number of nitrogens with one attached hydrogen (secondary N) is 1. The molecule has 0 radical (unpaired) electrons. The van der Waals surface area contributed by atoms with E-state index in [1.807, 2.05) is 0 Å². The van der Waals surface area contributed by atoms with Crippen molar-refractivity contribution in [3.05, 3.63) is 62.5 Å². The van der Waals surface area contributed by atoms with Gasteiger partial charge in [0, 0.05) is 0 Å². The quantitative estimate of drug-likeness (QED) is 0.759. The maximum atomic E-state index is 12.1. The van der Waals surface area contributed by atoms with Crippen LogP contribution in [0.25, 0.3) is 16.7 Å². The van der Waals surface area contributed by atoms with Crippen LogP contribution >= 0.6 is 23.2 Å². The summed E-state index contributed by atoms with van der Waals surface area (Å²) in [6.45, 7) is 0. The van der Waals surface area contributed by atoms with Gasteiger partial charge in [-0.3, -0.25) is 4.57 Å². The lowest BCUT2D eigenvalue weighted by atomic mass is 10.2. The Labute approximate surface area is 128 Å². The predicted octanol–water partition coefficient (Wildman–Crippen LogP) is 3.32. The van der Waals surface area contributed by atoms with E-state index in [1.165, 1.54) is 16.7 Å². The number of carbonyl (C=O) groups is 1. The van der Waals surface area contributed by atoms with Crippen LogP contribution in [0.15, 0.2) is 41.2 Å². The Kier molecular flexibility index (Phi) is 3.23. The molecule has 1 heterocycles. The molecule has 2 N–H and O–H groups in total. The first-order valence-electron chi connectivity index (χ1n) is 5.91. The van der Waals surface area contributed by atoms with Crippen molar-refractivity contribution in [2.75, 3.05) is 0 Å². The maximum absolute atomic E-state index is 12.1. The Morgan fingerprint density at radius 1 is 1.10 bits per heavy atom. The van der Waals surface area contributed by atoms with Crippen molar-refractivity contribution in [3.8, 4) is 5.69 Å². The fraction of sp³-hybridized carbons (Fsp3) is 0. The molecule has 0 aliphatic carbocycles. The minimum absolute atomic E-state index is 0.0929. The first-order valence-corrected chi connectivity index (χ1v) is 6.66. The lowest BCUT2D eigenvalue weighted by molar-refractivity contribution is 0.0697. The molecule has 3 rings (SSSR count). The number of fused-ring (bicyclic) bond motifs is 1. The van der Waals surface area contributed by atoms with Crippen molar-refractivity contribution >= 4 is 40.2 Å². The number of aromatic nitrogens is 2. The molecule has 0 aliphatic rings. The van der Waals surface area contributed by atoms with Gasteiger partial charge in [0.2, 0.25) is 0 Å². The third-order valence-corrected chi connectivity index (χ3v) is 3.83. The van der Waals surface area contributed by atoms with Gasteiger partial charge in [-0.25, -0.2) is 9.59 Å². The monoisotopic (exact) mass is 322 g/mol. The highest BCUT2D eigenvalue weighted by molar-refractivity contribution is 6.42. The molecule has 0 aliphatic heterocycles. The number of aromatic carboxylic acids is 1. The molecular weight excluding hydrogens is 315 g/mol.